The number of phenolic OH excluding ortho intramolecular Hbond substituents is 2. The molecular weight excluding hydrogens is 446 g/mol. The third kappa shape index (κ3) is 3.81. The Hall–Kier alpha value is -3.87. The Morgan fingerprint density at radius 1 is 1.11 bits per heavy atom. The van der Waals surface area contributed by atoms with Crippen molar-refractivity contribution in [2.24, 2.45) is 0 Å². The number of rotatable bonds is 6. The highest BCUT2D eigenvalue weighted by molar-refractivity contribution is 6.31. The molecule has 0 saturated carbocycles. The van der Waals surface area contributed by atoms with Crippen LogP contribution in [0, 0.1) is 6.92 Å². The Labute approximate surface area is 204 Å². The van der Waals surface area contributed by atoms with Crippen LogP contribution in [-0.4, -0.2) is 33.6 Å². The zero-order valence-corrected chi connectivity index (χ0v) is 20.5. The number of hydrogen-bond donors (Lipinski definition) is 3. The number of carbonyl (C=O) groups excluding carboxylic acids is 3. The lowest BCUT2D eigenvalue weighted by Crippen LogP contribution is -2.41. The van der Waals surface area contributed by atoms with Gasteiger partial charge in [0.2, 0.25) is 0 Å². The molecule has 2 aromatic rings. The summed E-state index contributed by atoms with van der Waals surface area (Å²) in [6.45, 7) is 7.95. The fraction of sp³-hybridized carbons (Fsp3) is 0.321. The molecule has 2 aromatic carbocycles. The van der Waals surface area contributed by atoms with Crippen LogP contribution in [0.2, 0.25) is 0 Å². The van der Waals surface area contributed by atoms with Gasteiger partial charge in [-0.2, -0.15) is 0 Å². The molecule has 35 heavy (non-hydrogen) atoms. The zero-order chi connectivity index (χ0) is 25.7. The number of allylic oxidation sites excluding steroid dienone is 4. The number of nitrogens with one attached hydrogen (secondary N) is 1. The fourth-order valence-electron chi connectivity index (χ4n) is 4.90. The van der Waals surface area contributed by atoms with Crippen molar-refractivity contribution in [1.82, 2.24) is 5.32 Å². The first-order valence-electron chi connectivity index (χ1n) is 11.6. The summed E-state index contributed by atoms with van der Waals surface area (Å²) < 4.78 is 5.80. The first kappa shape index (κ1) is 24.3. The molecular formula is C28H29NO6. The Morgan fingerprint density at radius 2 is 1.77 bits per heavy atom. The first-order chi connectivity index (χ1) is 16.5. The SMILES string of the molecule is CC(=O)c1c(O)c(C)c(O)c2c1OC1=CC(=O)/C(=C(/C)N[C@H](C)CCc3ccccc3)C(=O)[C@@]12C. The molecule has 7 nitrogen and oxygen atoms in total. The predicted octanol–water partition coefficient (Wildman–Crippen LogP) is 4.18. The number of phenols is 2. The van der Waals surface area contributed by atoms with Crippen LogP contribution in [0.3, 0.4) is 0 Å². The number of Topliss-reactive ketones (excluding diaryl/α,β-unsaturated/α-hetero) is 2. The minimum absolute atomic E-state index is 0.00878. The average molecular weight is 476 g/mol. The van der Waals surface area contributed by atoms with Crippen LogP contribution in [0.5, 0.6) is 17.2 Å². The number of aromatic hydroxyl groups is 2. The van der Waals surface area contributed by atoms with E-state index in [0.29, 0.717) is 5.70 Å². The summed E-state index contributed by atoms with van der Waals surface area (Å²) in [5, 5.41) is 24.6. The van der Waals surface area contributed by atoms with E-state index in [4.69, 9.17) is 4.74 Å². The van der Waals surface area contributed by atoms with Gasteiger partial charge in [-0.1, -0.05) is 30.3 Å². The summed E-state index contributed by atoms with van der Waals surface area (Å²) in [7, 11) is 0. The smallest absolute Gasteiger partial charge is 0.194 e. The lowest BCUT2D eigenvalue weighted by atomic mass is 9.70. The van der Waals surface area contributed by atoms with E-state index < -0.39 is 28.5 Å². The van der Waals surface area contributed by atoms with Crippen LogP contribution < -0.4 is 10.1 Å². The van der Waals surface area contributed by atoms with Gasteiger partial charge in [0.05, 0.1) is 11.1 Å². The van der Waals surface area contributed by atoms with E-state index in [1.54, 1.807) is 13.8 Å². The van der Waals surface area contributed by atoms with Crippen molar-refractivity contribution >= 4 is 17.3 Å². The molecule has 0 spiro atoms. The number of benzene rings is 2. The van der Waals surface area contributed by atoms with Crippen molar-refractivity contribution in [2.75, 3.05) is 0 Å². The van der Waals surface area contributed by atoms with Gasteiger partial charge in [0.15, 0.2) is 17.3 Å². The average Bonchev–Trinajstić information content (AvgIpc) is 3.09. The normalized spacial score (nSPS) is 21.0. The summed E-state index contributed by atoms with van der Waals surface area (Å²) in [5.74, 6) is -2.33. The van der Waals surface area contributed by atoms with Crippen LogP contribution in [0.4, 0.5) is 0 Å². The monoisotopic (exact) mass is 475 g/mol. The van der Waals surface area contributed by atoms with Crippen LogP contribution in [0.1, 0.15) is 61.2 Å². The molecule has 182 valence electrons. The minimum Gasteiger partial charge on any atom is -0.507 e. The molecule has 1 aliphatic heterocycles. The summed E-state index contributed by atoms with van der Waals surface area (Å²) in [4.78, 5) is 39.2. The Balaban J connectivity index is 1.72. The highest BCUT2D eigenvalue weighted by atomic mass is 16.5. The molecule has 1 aliphatic carbocycles. The lowest BCUT2D eigenvalue weighted by molar-refractivity contribution is -0.123. The second kappa shape index (κ2) is 8.73. The van der Waals surface area contributed by atoms with Gasteiger partial charge >= 0.3 is 0 Å². The number of hydrogen-bond acceptors (Lipinski definition) is 7. The van der Waals surface area contributed by atoms with Crippen molar-refractivity contribution in [2.45, 2.75) is 58.9 Å². The molecule has 2 atom stereocenters. The Morgan fingerprint density at radius 3 is 2.40 bits per heavy atom. The maximum Gasteiger partial charge on any atom is 0.194 e. The quantitative estimate of drug-likeness (QED) is 0.326. The van der Waals surface area contributed by atoms with Crippen molar-refractivity contribution in [3.63, 3.8) is 0 Å². The van der Waals surface area contributed by atoms with E-state index in [1.165, 1.54) is 25.5 Å². The van der Waals surface area contributed by atoms with Gasteiger partial charge < -0.3 is 20.3 Å². The molecule has 0 aromatic heterocycles. The standard InChI is InChI=1S/C28H29NO6/c1-14(11-12-18-9-7-6-8-10-18)29-16(3)21-19(31)13-20-28(5,27(21)34)23-25(33)15(2)24(32)22(17(4)30)26(23)35-20/h6-10,13-14,29,32-33H,11-12H2,1-5H3/b21-16+/t14-,28+/m1/s1. The van der Waals surface area contributed by atoms with E-state index >= 15 is 0 Å². The third-order valence-electron chi connectivity index (χ3n) is 6.93. The third-order valence-corrected chi connectivity index (χ3v) is 6.93. The van der Waals surface area contributed by atoms with Crippen LogP contribution in [0.15, 0.2) is 53.4 Å². The van der Waals surface area contributed by atoms with E-state index in [-0.39, 0.29) is 45.6 Å². The maximum atomic E-state index is 13.8. The summed E-state index contributed by atoms with van der Waals surface area (Å²) in [5.41, 5.74) is 0.139. The largest absolute Gasteiger partial charge is 0.507 e. The van der Waals surface area contributed by atoms with E-state index in [1.807, 2.05) is 25.1 Å². The minimum atomic E-state index is -1.51. The maximum absolute atomic E-state index is 13.8. The van der Waals surface area contributed by atoms with Crippen LogP contribution >= 0.6 is 0 Å². The number of ether oxygens (including phenoxy) is 1. The van der Waals surface area contributed by atoms with E-state index in [2.05, 4.69) is 17.4 Å². The molecule has 3 N–H and O–H groups in total. The van der Waals surface area contributed by atoms with Gasteiger partial charge in [-0.3, -0.25) is 14.4 Å². The number of aryl methyl sites for hydroxylation is 1. The number of ketones is 3. The van der Waals surface area contributed by atoms with Gasteiger partial charge in [0, 0.05) is 23.4 Å². The number of carbonyl (C=O) groups is 3. The second-order valence-electron chi connectivity index (χ2n) is 9.46. The summed E-state index contributed by atoms with van der Waals surface area (Å²) >= 11 is 0. The molecule has 1 heterocycles. The molecule has 4 rings (SSSR count). The second-order valence-corrected chi connectivity index (χ2v) is 9.46. The van der Waals surface area contributed by atoms with Gasteiger partial charge in [0.1, 0.15) is 34.0 Å². The zero-order valence-electron chi connectivity index (χ0n) is 20.5. The Kier molecular flexibility index (Phi) is 6.05. The summed E-state index contributed by atoms with van der Waals surface area (Å²) in [6, 6.07) is 10.0. The highest BCUT2D eigenvalue weighted by Crippen LogP contribution is 2.57. The Bertz CT molecular complexity index is 1320. The van der Waals surface area contributed by atoms with Gasteiger partial charge in [-0.15, -0.1) is 0 Å². The van der Waals surface area contributed by atoms with Crippen molar-refractivity contribution < 1.29 is 29.3 Å². The van der Waals surface area contributed by atoms with Crippen molar-refractivity contribution in [3.8, 4) is 17.2 Å². The molecule has 0 amide bonds. The van der Waals surface area contributed by atoms with E-state index in [9.17, 15) is 24.6 Å². The number of fused-ring (bicyclic) bond motifs is 3. The van der Waals surface area contributed by atoms with Gasteiger partial charge in [0.25, 0.3) is 0 Å². The van der Waals surface area contributed by atoms with Crippen molar-refractivity contribution in [1.29, 1.82) is 0 Å². The highest BCUT2D eigenvalue weighted by Gasteiger charge is 2.56. The van der Waals surface area contributed by atoms with Crippen LogP contribution in [0.25, 0.3) is 0 Å². The van der Waals surface area contributed by atoms with Gasteiger partial charge in [-0.05, 0) is 53.0 Å². The molecule has 0 radical (unpaired) electrons. The predicted molar refractivity (Wildman–Crippen MR) is 131 cm³/mol. The molecule has 0 unspecified atom stereocenters. The molecule has 0 fully saturated rings. The molecule has 0 bridgehead atoms. The topological polar surface area (TPSA) is 113 Å². The molecule has 0 saturated heterocycles. The van der Waals surface area contributed by atoms with Gasteiger partial charge in [-0.25, -0.2) is 0 Å². The molecule has 2 aliphatic rings. The fourth-order valence-corrected chi connectivity index (χ4v) is 4.90. The van der Waals surface area contributed by atoms with E-state index in [0.717, 1.165) is 12.8 Å². The summed E-state index contributed by atoms with van der Waals surface area (Å²) in [6.07, 6.45) is 2.86. The lowest BCUT2D eigenvalue weighted by Gasteiger charge is -2.29. The van der Waals surface area contributed by atoms with Crippen LogP contribution in [-0.2, 0) is 21.4 Å². The molecule has 7 heteroatoms. The van der Waals surface area contributed by atoms with Crippen molar-refractivity contribution in [3.05, 3.63) is 75.7 Å². The first-order valence-corrected chi connectivity index (χ1v) is 11.6.